The summed E-state index contributed by atoms with van der Waals surface area (Å²) in [6, 6.07) is 1.67. The van der Waals surface area contributed by atoms with Crippen molar-refractivity contribution in [3.63, 3.8) is 0 Å². The van der Waals surface area contributed by atoms with E-state index in [4.69, 9.17) is 16.9 Å². The van der Waals surface area contributed by atoms with Gasteiger partial charge in [0.2, 0.25) is 16.9 Å². The van der Waals surface area contributed by atoms with Gasteiger partial charge < -0.3 is 4.74 Å². The Morgan fingerprint density at radius 1 is 0.893 bits per heavy atom. The Kier molecular flexibility index (Phi) is 9.42. The van der Waals surface area contributed by atoms with E-state index in [1.165, 1.54) is 7.11 Å². The molecule has 0 aliphatic heterocycles. The van der Waals surface area contributed by atoms with Crippen molar-refractivity contribution < 1.29 is 22.7 Å². The summed E-state index contributed by atoms with van der Waals surface area (Å²) in [5, 5.41) is 8.19. The molecule has 28 heavy (non-hydrogen) atoms. The molecule has 0 aliphatic rings. The van der Waals surface area contributed by atoms with Crippen molar-refractivity contribution in [1.29, 1.82) is 5.26 Å². The number of carbonyl (C=O) groups excluding carboxylic acids is 1. The van der Waals surface area contributed by atoms with Gasteiger partial charge in [-0.1, -0.05) is 0 Å². The zero-order chi connectivity index (χ0) is 20.9. The average molecular weight is 412 g/mol. The smallest absolute Gasteiger partial charge is 0.376 e. The molecule has 3 heterocycles. The fourth-order valence-electron chi connectivity index (χ4n) is 1.18. The van der Waals surface area contributed by atoms with Crippen LogP contribution in [0.5, 0.6) is 0 Å². The van der Waals surface area contributed by atoms with E-state index in [1.54, 1.807) is 6.07 Å². The van der Waals surface area contributed by atoms with Gasteiger partial charge in [0.05, 0.1) is 44.3 Å². The van der Waals surface area contributed by atoms with Gasteiger partial charge in [0.25, 0.3) is 0 Å². The molecule has 0 radical (unpaired) electrons. The normalized spacial score (nSPS) is 9.00. The molecular formula is C15H9ClF3N7O2. The van der Waals surface area contributed by atoms with Crippen molar-refractivity contribution in [2.24, 2.45) is 0 Å². The summed E-state index contributed by atoms with van der Waals surface area (Å²) in [4.78, 5) is 30.8. The van der Waals surface area contributed by atoms with Gasteiger partial charge in [0, 0.05) is 0 Å². The fourth-order valence-corrected chi connectivity index (χ4v) is 1.27. The number of methoxy groups -OCH3 is 1. The predicted octanol–water partition coefficient (Wildman–Crippen LogP) is 2.16. The Morgan fingerprint density at radius 3 is 1.64 bits per heavy atom. The van der Waals surface area contributed by atoms with Crippen molar-refractivity contribution in [2.45, 2.75) is 0 Å². The Hall–Kier alpha value is -3.72. The zero-order valence-electron chi connectivity index (χ0n) is 13.9. The molecule has 0 atom stereocenters. The number of hydrogen-bond acceptors (Lipinski definition) is 9. The van der Waals surface area contributed by atoms with Crippen LogP contribution in [0.1, 0.15) is 16.4 Å². The lowest BCUT2D eigenvalue weighted by Gasteiger charge is -1.94. The van der Waals surface area contributed by atoms with Crippen LogP contribution in [0.25, 0.3) is 0 Å². The van der Waals surface area contributed by atoms with E-state index in [-0.39, 0.29) is 16.9 Å². The number of nitrogens with zero attached hydrogens (tertiary/aromatic N) is 7. The predicted molar refractivity (Wildman–Crippen MR) is 87.0 cm³/mol. The Labute approximate surface area is 160 Å². The van der Waals surface area contributed by atoms with Crippen molar-refractivity contribution in [3.8, 4) is 6.07 Å². The molecule has 0 bridgehead atoms. The van der Waals surface area contributed by atoms with Gasteiger partial charge in [-0.05, 0) is 11.6 Å². The molecule has 0 spiro atoms. The van der Waals surface area contributed by atoms with Gasteiger partial charge in [0.1, 0.15) is 6.07 Å². The molecule has 0 amide bonds. The third-order valence-electron chi connectivity index (χ3n) is 2.30. The molecule has 0 aliphatic carbocycles. The Morgan fingerprint density at radius 2 is 1.29 bits per heavy atom. The molecule has 0 saturated carbocycles. The van der Waals surface area contributed by atoms with Crippen molar-refractivity contribution in [3.05, 3.63) is 71.6 Å². The summed E-state index contributed by atoms with van der Waals surface area (Å²) < 4.78 is 40.4. The second-order valence-electron chi connectivity index (χ2n) is 4.22. The molecule has 144 valence electrons. The first-order chi connectivity index (χ1) is 13.3. The SMILES string of the molecule is COC(=O)c1ncc(F)cn1.Fc1cnc(Cl)nc1.N#Cc1ncc(F)cn1. The van der Waals surface area contributed by atoms with E-state index in [2.05, 4.69) is 34.6 Å². The lowest BCUT2D eigenvalue weighted by atomic mass is 10.5. The third kappa shape index (κ3) is 8.59. The molecule has 0 saturated heterocycles. The lowest BCUT2D eigenvalue weighted by Crippen LogP contribution is -2.06. The van der Waals surface area contributed by atoms with Crippen molar-refractivity contribution in [1.82, 2.24) is 29.9 Å². The lowest BCUT2D eigenvalue weighted by molar-refractivity contribution is 0.0586. The van der Waals surface area contributed by atoms with Crippen LogP contribution >= 0.6 is 11.6 Å². The van der Waals surface area contributed by atoms with Crippen molar-refractivity contribution in [2.75, 3.05) is 7.11 Å². The van der Waals surface area contributed by atoms with Gasteiger partial charge in [-0.2, -0.15) is 5.26 Å². The molecule has 0 aromatic carbocycles. The van der Waals surface area contributed by atoms with Gasteiger partial charge in [-0.25, -0.2) is 47.9 Å². The minimum Gasteiger partial charge on any atom is -0.463 e. The maximum atomic E-state index is 12.2. The van der Waals surface area contributed by atoms with Crippen LogP contribution in [-0.4, -0.2) is 43.0 Å². The summed E-state index contributed by atoms with van der Waals surface area (Å²) in [6.45, 7) is 0. The molecule has 0 N–H and O–H groups in total. The zero-order valence-corrected chi connectivity index (χ0v) is 14.7. The summed E-state index contributed by atoms with van der Waals surface area (Å²) in [6.07, 6.45) is 5.72. The van der Waals surface area contributed by atoms with Crippen LogP contribution < -0.4 is 0 Å². The summed E-state index contributed by atoms with van der Waals surface area (Å²) in [7, 11) is 1.20. The number of esters is 1. The Bertz CT molecular complexity index is 899. The number of hydrogen-bond donors (Lipinski definition) is 0. The molecule has 0 unspecified atom stereocenters. The molecule has 9 nitrogen and oxygen atoms in total. The van der Waals surface area contributed by atoms with Crippen LogP contribution in [0, 0.1) is 28.8 Å². The topological polar surface area (TPSA) is 127 Å². The molecule has 3 aromatic heterocycles. The third-order valence-corrected chi connectivity index (χ3v) is 2.49. The van der Waals surface area contributed by atoms with E-state index in [1.807, 2.05) is 0 Å². The van der Waals surface area contributed by atoms with E-state index in [0.717, 1.165) is 37.2 Å². The summed E-state index contributed by atoms with van der Waals surface area (Å²) in [5.41, 5.74) is 0. The van der Waals surface area contributed by atoms with Gasteiger partial charge in [-0.3, -0.25) is 0 Å². The molecular weight excluding hydrogens is 403 g/mol. The number of carbonyl (C=O) groups is 1. The highest BCUT2D eigenvalue weighted by molar-refractivity contribution is 6.28. The van der Waals surface area contributed by atoms with E-state index >= 15 is 0 Å². The maximum absolute atomic E-state index is 12.2. The minimum absolute atomic E-state index is 0.0172. The van der Waals surface area contributed by atoms with E-state index in [0.29, 0.717) is 0 Å². The average Bonchev–Trinajstić information content (AvgIpc) is 2.72. The second-order valence-corrected chi connectivity index (χ2v) is 4.56. The molecule has 13 heteroatoms. The molecule has 0 fully saturated rings. The number of aromatic nitrogens is 6. The monoisotopic (exact) mass is 411 g/mol. The largest absolute Gasteiger partial charge is 0.463 e. The van der Waals surface area contributed by atoms with Crippen LogP contribution in [0.2, 0.25) is 5.28 Å². The quantitative estimate of drug-likeness (QED) is 0.437. The first-order valence-corrected chi connectivity index (χ1v) is 7.30. The van der Waals surface area contributed by atoms with Crippen molar-refractivity contribution >= 4 is 17.6 Å². The standard InChI is InChI=1S/C6H5FN2O2.C5H2FN3.C4H2ClFN2/c1-11-6(10)5-8-2-4(7)3-9-5;6-4-2-8-5(1-7)9-3-4;5-4-7-1-3(6)2-8-4/h2-3H,1H3;2-3H;1-2H. The molecule has 3 rings (SSSR count). The van der Waals surface area contributed by atoms with Crippen LogP contribution in [0.3, 0.4) is 0 Å². The highest BCUT2D eigenvalue weighted by Gasteiger charge is 2.07. The first kappa shape index (κ1) is 22.3. The number of halogens is 4. The summed E-state index contributed by atoms with van der Waals surface area (Å²) >= 11 is 5.22. The highest BCUT2D eigenvalue weighted by Crippen LogP contribution is 1.97. The fraction of sp³-hybridized carbons (Fsp3) is 0.0667. The first-order valence-electron chi connectivity index (χ1n) is 6.92. The second kappa shape index (κ2) is 11.8. The minimum atomic E-state index is -0.676. The highest BCUT2D eigenvalue weighted by atomic mass is 35.5. The number of ether oxygens (including phenoxy) is 1. The van der Waals surface area contributed by atoms with E-state index < -0.39 is 23.4 Å². The number of rotatable bonds is 1. The van der Waals surface area contributed by atoms with Gasteiger partial charge >= 0.3 is 5.97 Å². The van der Waals surface area contributed by atoms with Crippen LogP contribution in [0.15, 0.2) is 37.2 Å². The number of nitriles is 1. The van der Waals surface area contributed by atoms with Gasteiger partial charge in [-0.15, -0.1) is 0 Å². The maximum Gasteiger partial charge on any atom is 0.376 e. The van der Waals surface area contributed by atoms with Crippen LogP contribution in [0.4, 0.5) is 13.2 Å². The van der Waals surface area contributed by atoms with Crippen LogP contribution in [-0.2, 0) is 4.74 Å². The van der Waals surface area contributed by atoms with E-state index in [9.17, 15) is 18.0 Å². The Balaban J connectivity index is 0.000000213. The summed E-state index contributed by atoms with van der Waals surface area (Å²) in [5.74, 6) is -2.43. The van der Waals surface area contributed by atoms with Gasteiger partial charge in [0.15, 0.2) is 17.5 Å². The molecule has 3 aromatic rings.